The molecule has 0 aromatic heterocycles. The number of hydrogen-bond donors (Lipinski definition) is 2. The van der Waals surface area contributed by atoms with E-state index in [1.165, 1.54) is 6.08 Å². The van der Waals surface area contributed by atoms with Crippen LogP contribution in [0.2, 0.25) is 0 Å². The van der Waals surface area contributed by atoms with E-state index < -0.39 is 12.4 Å². The molecule has 0 spiro atoms. The summed E-state index contributed by atoms with van der Waals surface area (Å²) in [5.41, 5.74) is 6.00. The molecule has 216 valence electrons. The Labute approximate surface area is 241 Å². The summed E-state index contributed by atoms with van der Waals surface area (Å²) in [5, 5.41) is 12.2. The van der Waals surface area contributed by atoms with Gasteiger partial charge in [-0.1, -0.05) is 79.4 Å². The lowest BCUT2D eigenvalue weighted by molar-refractivity contribution is -0.253. The Morgan fingerprint density at radius 1 is 0.976 bits per heavy atom. The van der Waals surface area contributed by atoms with E-state index in [1.807, 2.05) is 42.5 Å². The number of rotatable bonds is 10. The molecule has 1 amide bonds. The Kier molecular flexibility index (Phi) is 10.2. The quantitative estimate of drug-likeness (QED) is 0.333. The summed E-state index contributed by atoms with van der Waals surface area (Å²) in [6.07, 6.45) is 1.22. The summed E-state index contributed by atoms with van der Waals surface area (Å²) in [6, 6.07) is 24.3. The first kappa shape index (κ1) is 29.0. The van der Waals surface area contributed by atoms with Crippen molar-refractivity contribution < 1.29 is 28.8 Å². The van der Waals surface area contributed by atoms with Gasteiger partial charge >= 0.3 is 6.09 Å². The molecule has 3 atom stereocenters. The summed E-state index contributed by atoms with van der Waals surface area (Å²) in [7, 11) is 0. The molecule has 0 aliphatic carbocycles. The molecule has 8 heteroatoms. The van der Waals surface area contributed by atoms with Gasteiger partial charge in [0.1, 0.15) is 6.61 Å². The van der Waals surface area contributed by atoms with Crippen molar-refractivity contribution in [2.45, 2.75) is 38.1 Å². The van der Waals surface area contributed by atoms with Gasteiger partial charge in [-0.25, -0.2) is 4.79 Å². The van der Waals surface area contributed by atoms with Crippen LogP contribution in [0.5, 0.6) is 0 Å². The Hall–Kier alpha value is -3.53. The van der Waals surface area contributed by atoms with Crippen LogP contribution in [0.3, 0.4) is 0 Å². The van der Waals surface area contributed by atoms with Crippen molar-refractivity contribution in [1.82, 2.24) is 10.2 Å². The van der Waals surface area contributed by atoms with Crippen molar-refractivity contribution in [3.05, 3.63) is 108 Å². The van der Waals surface area contributed by atoms with E-state index in [4.69, 9.17) is 18.9 Å². The minimum atomic E-state index is -0.497. The Balaban J connectivity index is 1.29. The fourth-order valence-electron chi connectivity index (χ4n) is 5.16. The summed E-state index contributed by atoms with van der Waals surface area (Å²) < 4.78 is 23.5. The van der Waals surface area contributed by atoms with Gasteiger partial charge in [0, 0.05) is 38.2 Å². The van der Waals surface area contributed by atoms with E-state index in [-0.39, 0.29) is 25.4 Å². The third-order valence-corrected chi connectivity index (χ3v) is 7.39. The van der Waals surface area contributed by atoms with Crippen molar-refractivity contribution in [3.8, 4) is 11.1 Å². The van der Waals surface area contributed by atoms with E-state index in [0.29, 0.717) is 6.54 Å². The third kappa shape index (κ3) is 8.03. The minimum Gasteiger partial charge on any atom is -0.445 e. The minimum absolute atomic E-state index is 0.0106. The first-order valence-electron chi connectivity index (χ1n) is 14.1. The SMILES string of the molecule is C=CCOC(=O)NCc1cccc(-c2ccc(C3OC(CN4CCOCC4)CC(c4ccc(CO)cc4)O3)cc2)c1. The zero-order valence-electron chi connectivity index (χ0n) is 23.2. The van der Waals surface area contributed by atoms with E-state index in [0.717, 1.165) is 72.6 Å². The number of aliphatic hydroxyl groups excluding tert-OH is 1. The predicted molar refractivity (Wildman–Crippen MR) is 156 cm³/mol. The van der Waals surface area contributed by atoms with Crippen LogP contribution >= 0.6 is 0 Å². The molecular weight excluding hydrogens is 520 g/mol. The highest BCUT2D eigenvalue weighted by Crippen LogP contribution is 2.38. The second kappa shape index (κ2) is 14.4. The van der Waals surface area contributed by atoms with Crippen LogP contribution in [0.25, 0.3) is 11.1 Å². The number of ether oxygens (including phenoxy) is 4. The van der Waals surface area contributed by atoms with Crippen LogP contribution in [0.1, 0.15) is 41.1 Å². The predicted octanol–water partition coefficient (Wildman–Crippen LogP) is 5.14. The first-order chi connectivity index (χ1) is 20.1. The standard InChI is InChI=1S/C33H38N2O6/c1-2-16-39-33(37)34-21-25-4-3-5-29(19-25)26-10-12-28(13-11-26)32-40-30(22-35-14-17-38-18-15-35)20-31(41-32)27-8-6-24(23-36)7-9-27/h2-13,19,30-32,36H,1,14-18,20-23H2,(H,34,37). The summed E-state index contributed by atoms with van der Waals surface area (Å²) in [4.78, 5) is 14.2. The Bertz CT molecular complexity index is 1270. The van der Waals surface area contributed by atoms with Gasteiger partial charge < -0.3 is 29.4 Å². The maximum Gasteiger partial charge on any atom is 0.407 e. The fourth-order valence-corrected chi connectivity index (χ4v) is 5.16. The number of alkyl carbamates (subject to hydrolysis) is 1. The normalized spacial score (nSPS) is 21.2. The maximum absolute atomic E-state index is 11.8. The summed E-state index contributed by atoms with van der Waals surface area (Å²) in [5.74, 6) is 0. The Morgan fingerprint density at radius 2 is 1.73 bits per heavy atom. The van der Waals surface area contributed by atoms with Gasteiger partial charge in [0.25, 0.3) is 0 Å². The molecule has 2 saturated heterocycles. The lowest BCUT2D eigenvalue weighted by Gasteiger charge is -2.39. The molecule has 3 unspecified atom stereocenters. The van der Waals surface area contributed by atoms with E-state index >= 15 is 0 Å². The number of aliphatic hydroxyl groups is 1. The van der Waals surface area contributed by atoms with Crippen molar-refractivity contribution in [2.75, 3.05) is 39.5 Å². The number of benzene rings is 3. The fraction of sp³-hybridized carbons (Fsp3) is 0.364. The van der Waals surface area contributed by atoms with Gasteiger partial charge in [-0.2, -0.15) is 0 Å². The first-order valence-corrected chi connectivity index (χ1v) is 14.1. The third-order valence-electron chi connectivity index (χ3n) is 7.39. The molecule has 8 nitrogen and oxygen atoms in total. The molecule has 5 rings (SSSR count). The van der Waals surface area contributed by atoms with Gasteiger partial charge in [-0.15, -0.1) is 0 Å². The Morgan fingerprint density at radius 3 is 2.46 bits per heavy atom. The molecule has 2 aliphatic heterocycles. The lowest BCUT2D eigenvalue weighted by atomic mass is 9.99. The van der Waals surface area contributed by atoms with Gasteiger partial charge in [0.15, 0.2) is 6.29 Å². The second-order valence-electron chi connectivity index (χ2n) is 10.3. The van der Waals surface area contributed by atoms with Crippen molar-refractivity contribution in [3.63, 3.8) is 0 Å². The molecule has 0 bridgehead atoms. The molecule has 2 heterocycles. The number of nitrogens with zero attached hydrogens (tertiary/aromatic N) is 1. The van der Waals surface area contributed by atoms with Crippen LogP contribution < -0.4 is 5.32 Å². The molecule has 41 heavy (non-hydrogen) atoms. The number of hydrogen-bond acceptors (Lipinski definition) is 7. The molecule has 3 aromatic rings. The zero-order valence-corrected chi connectivity index (χ0v) is 23.2. The maximum atomic E-state index is 11.8. The van der Waals surface area contributed by atoms with Crippen molar-refractivity contribution >= 4 is 6.09 Å². The van der Waals surface area contributed by atoms with Gasteiger partial charge in [-0.3, -0.25) is 4.90 Å². The molecule has 3 aromatic carbocycles. The number of carbonyl (C=O) groups is 1. The molecule has 2 N–H and O–H groups in total. The smallest absolute Gasteiger partial charge is 0.407 e. The monoisotopic (exact) mass is 558 g/mol. The molecule has 0 saturated carbocycles. The average Bonchev–Trinajstić information content (AvgIpc) is 3.03. The topological polar surface area (TPSA) is 89.5 Å². The number of nitrogens with one attached hydrogen (secondary N) is 1. The highest BCUT2D eigenvalue weighted by Gasteiger charge is 2.33. The van der Waals surface area contributed by atoms with E-state index in [1.54, 1.807) is 0 Å². The number of amides is 1. The van der Waals surface area contributed by atoms with Crippen LogP contribution in [0.4, 0.5) is 4.79 Å². The van der Waals surface area contributed by atoms with Crippen LogP contribution in [0.15, 0.2) is 85.5 Å². The highest BCUT2D eigenvalue weighted by atomic mass is 16.7. The molecular formula is C33H38N2O6. The van der Waals surface area contributed by atoms with Crippen molar-refractivity contribution in [2.24, 2.45) is 0 Å². The van der Waals surface area contributed by atoms with E-state index in [9.17, 15) is 9.90 Å². The lowest BCUT2D eigenvalue weighted by Crippen LogP contribution is -2.44. The summed E-state index contributed by atoms with van der Waals surface area (Å²) in [6.45, 7) is 8.25. The largest absolute Gasteiger partial charge is 0.445 e. The highest BCUT2D eigenvalue weighted by molar-refractivity contribution is 5.68. The van der Waals surface area contributed by atoms with Crippen molar-refractivity contribution in [1.29, 1.82) is 0 Å². The van der Waals surface area contributed by atoms with Gasteiger partial charge in [0.2, 0.25) is 0 Å². The van der Waals surface area contributed by atoms with Crippen LogP contribution in [0, 0.1) is 0 Å². The zero-order chi connectivity index (χ0) is 28.4. The second-order valence-corrected chi connectivity index (χ2v) is 10.3. The van der Waals surface area contributed by atoms with Gasteiger partial charge in [-0.05, 0) is 33.9 Å². The number of morpholine rings is 1. The van der Waals surface area contributed by atoms with Crippen LogP contribution in [-0.2, 0) is 32.1 Å². The van der Waals surface area contributed by atoms with E-state index in [2.05, 4.69) is 47.1 Å². The summed E-state index contributed by atoms with van der Waals surface area (Å²) >= 11 is 0. The molecule has 0 radical (unpaired) electrons. The number of carbonyl (C=O) groups excluding carboxylic acids is 1. The average molecular weight is 559 g/mol. The molecule has 2 aliphatic rings. The van der Waals surface area contributed by atoms with Crippen LogP contribution in [-0.4, -0.2) is 61.7 Å². The molecule has 2 fully saturated rings. The van der Waals surface area contributed by atoms with Gasteiger partial charge in [0.05, 0.1) is 32.0 Å².